The van der Waals surface area contributed by atoms with E-state index in [4.69, 9.17) is 16.7 Å². The molecular formula is C22H31ClN4O2. The van der Waals surface area contributed by atoms with Crippen LogP contribution in [0.25, 0.3) is 5.69 Å². The molecule has 6 nitrogen and oxygen atoms in total. The SMILES string of the molecule is CCCCN(CC(=O)Nc1cc(C(C)(C)C)nn1-c1ccccc1C)C(=O)CCl. The zero-order valence-electron chi connectivity index (χ0n) is 18.0. The highest BCUT2D eigenvalue weighted by Gasteiger charge is 2.23. The van der Waals surface area contributed by atoms with Gasteiger partial charge in [0.1, 0.15) is 11.7 Å². The number of unbranched alkanes of at least 4 members (excludes halogenated alkanes) is 1. The maximum Gasteiger partial charge on any atom is 0.245 e. The molecule has 0 atom stereocenters. The molecule has 0 spiro atoms. The van der Waals surface area contributed by atoms with E-state index in [9.17, 15) is 9.59 Å². The maximum absolute atomic E-state index is 12.7. The van der Waals surface area contributed by atoms with Gasteiger partial charge in [0.05, 0.1) is 17.9 Å². The van der Waals surface area contributed by atoms with Crippen LogP contribution in [0.2, 0.25) is 0 Å². The Balaban J connectivity index is 2.31. The minimum absolute atomic E-state index is 0.0324. The third-order valence-corrected chi connectivity index (χ3v) is 4.90. The molecule has 0 unspecified atom stereocenters. The van der Waals surface area contributed by atoms with Crippen LogP contribution in [0.15, 0.2) is 30.3 Å². The Labute approximate surface area is 178 Å². The Hall–Kier alpha value is -2.34. The van der Waals surface area contributed by atoms with E-state index in [0.29, 0.717) is 12.4 Å². The standard InChI is InChI=1S/C22H31ClN4O2/c1-6-7-12-26(21(29)14-23)15-20(28)24-19-13-18(22(3,4)5)25-27(19)17-11-9-8-10-16(17)2/h8-11,13H,6-7,12,14-15H2,1-5H3,(H,24,28). The molecule has 0 aliphatic carbocycles. The molecule has 1 aromatic carbocycles. The van der Waals surface area contributed by atoms with Crippen LogP contribution >= 0.6 is 11.6 Å². The van der Waals surface area contributed by atoms with Crippen molar-refractivity contribution in [3.8, 4) is 5.69 Å². The van der Waals surface area contributed by atoms with E-state index in [0.717, 1.165) is 29.8 Å². The summed E-state index contributed by atoms with van der Waals surface area (Å²) < 4.78 is 1.76. The van der Waals surface area contributed by atoms with Crippen LogP contribution in [0.5, 0.6) is 0 Å². The molecule has 2 aromatic rings. The number of amides is 2. The second-order valence-corrected chi connectivity index (χ2v) is 8.48. The summed E-state index contributed by atoms with van der Waals surface area (Å²) in [6.45, 7) is 10.8. The maximum atomic E-state index is 12.7. The van der Waals surface area contributed by atoms with E-state index in [1.54, 1.807) is 4.68 Å². The second-order valence-electron chi connectivity index (χ2n) is 8.21. The van der Waals surface area contributed by atoms with E-state index < -0.39 is 0 Å². The smallest absolute Gasteiger partial charge is 0.245 e. The molecule has 2 amide bonds. The topological polar surface area (TPSA) is 67.2 Å². The molecule has 0 aliphatic rings. The third kappa shape index (κ3) is 6.07. The lowest BCUT2D eigenvalue weighted by atomic mass is 9.92. The number of benzene rings is 1. The number of aryl methyl sites for hydroxylation is 1. The van der Waals surface area contributed by atoms with E-state index in [1.165, 1.54) is 4.90 Å². The largest absolute Gasteiger partial charge is 0.332 e. The summed E-state index contributed by atoms with van der Waals surface area (Å²) in [6, 6.07) is 9.77. The van der Waals surface area contributed by atoms with Crippen LogP contribution in [-0.2, 0) is 15.0 Å². The van der Waals surface area contributed by atoms with Gasteiger partial charge >= 0.3 is 0 Å². The summed E-state index contributed by atoms with van der Waals surface area (Å²) in [6.07, 6.45) is 1.76. The van der Waals surface area contributed by atoms with Crippen LogP contribution in [0, 0.1) is 6.92 Å². The normalized spacial score (nSPS) is 11.4. The number of aromatic nitrogens is 2. The predicted molar refractivity (Wildman–Crippen MR) is 118 cm³/mol. The number of para-hydroxylation sites is 1. The monoisotopic (exact) mass is 418 g/mol. The van der Waals surface area contributed by atoms with Crippen molar-refractivity contribution >= 4 is 29.2 Å². The van der Waals surface area contributed by atoms with Gasteiger partial charge in [0, 0.05) is 18.0 Å². The van der Waals surface area contributed by atoms with Crippen molar-refractivity contribution in [2.45, 2.75) is 52.9 Å². The van der Waals surface area contributed by atoms with Gasteiger partial charge in [-0.05, 0) is 25.0 Å². The van der Waals surface area contributed by atoms with Crippen molar-refractivity contribution in [3.63, 3.8) is 0 Å². The number of nitrogens with zero attached hydrogens (tertiary/aromatic N) is 3. The highest BCUT2D eigenvalue weighted by atomic mass is 35.5. The Bertz CT molecular complexity index is 855. The summed E-state index contributed by atoms with van der Waals surface area (Å²) >= 11 is 5.71. The number of hydrogen-bond donors (Lipinski definition) is 1. The average molecular weight is 419 g/mol. The molecule has 29 heavy (non-hydrogen) atoms. The number of carbonyl (C=O) groups excluding carboxylic acids is 2. The fourth-order valence-electron chi connectivity index (χ4n) is 2.90. The lowest BCUT2D eigenvalue weighted by Crippen LogP contribution is -2.39. The highest BCUT2D eigenvalue weighted by Crippen LogP contribution is 2.27. The lowest BCUT2D eigenvalue weighted by Gasteiger charge is -2.21. The second kappa shape index (κ2) is 9.92. The zero-order chi connectivity index (χ0) is 21.6. The number of carbonyl (C=O) groups is 2. The molecule has 2 rings (SSSR count). The van der Waals surface area contributed by atoms with Crippen molar-refractivity contribution in [3.05, 3.63) is 41.6 Å². The minimum Gasteiger partial charge on any atom is -0.332 e. The van der Waals surface area contributed by atoms with Gasteiger partial charge in [-0.2, -0.15) is 5.10 Å². The quantitative estimate of drug-likeness (QED) is 0.650. The van der Waals surface area contributed by atoms with Crippen LogP contribution in [-0.4, -0.2) is 45.5 Å². The number of anilines is 1. The van der Waals surface area contributed by atoms with Gasteiger partial charge in [-0.1, -0.05) is 52.3 Å². The number of nitrogens with one attached hydrogen (secondary N) is 1. The summed E-state index contributed by atoms with van der Waals surface area (Å²) in [5.41, 5.74) is 2.65. The van der Waals surface area contributed by atoms with Gasteiger partial charge in [-0.3, -0.25) is 9.59 Å². The van der Waals surface area contributed by atoms with Gasteiger partial charge in [-0.25, -0.2) is 4.68 Å². The molecule has 1 aromatic heterocycles. The van der Waals surface area contributed by atoms with Crippen molar-refractivity contribution in [2.75, 3.05) is 24.3 Å². The van der Waals surface area contributed by atoms with Crippen molar-refractivity contribution in [1.29, 1.82) is 0 Å². The first-order valence-electron chi connectivity index (χ1n) is 9.97. The number of halogens is 1. The Morgan fingerprint density at radius 3 is 2.52 bits per heavy atom. The molecule has 158 valence electrons. The average Bonchev–Trinajstić information content (AvgIpc) is 3.08. The molecule has 0 saturated carbocycles. The Morgan fingerprint density at radius 1 is 1.24 bits per heavy atom. The molecule has 0 saturated heterocycles. The van der Waals surface area contributed by atoms with Crippen LogP contribution in [0.1, 0.15) is 51.8 Å². The first-order valence-corrected chi connectivity index (χ1v) is 10.5. The van der Waals surface area contributed by atoms with E-state index in [-0.39, 0.29) is 29.7 Å². The summed E-state index contributed by atoms with van der Waals surface area (Å²) in [5, 5.41) is 7.69. The van der Waals surface area contributed by atoms with Gasteiger partial charge in [0.25, 0.3) is 0 Å². The van der Waals surface area contributed by atoms with Crippen molar-refractivity contribution < 1.29 is 9.59 Å². The van der Waals surface area contributed by atoms with Gasteiger partial charge in [0.2, 0.25) is 11.8 Å². The van der Waals surface area contributed by atoms with Gasteiger partial charge in [0.15, 0.2) is 0 Å². The molecule has 1 heterocycles. The molecule has 0 aliphatic heterocycles. The molecule has 1 N–H and O–H groups in total. The first-order chi connectivity index (χ1) is 13.7. The van der Waals surface area contributed by atoms with Crippen molar-refractivity contribution in [2.24, 2.45) is 0 Å². The number of alkyl halides is 1. The minimum atomic E-state index is -0.269. The summed E-state index contributed by atoms with van der Waals surface area (Å²) in [7, 11) is 0. The van der Waals surface area contributed by atoms with Crippen LogP contribution in [0.4, 0.5) is 5.82 Å². The van der Waals surface area contributed by atoms with Gasteiger partial charge in [-0.15, -0.1) is 11.6 Å². The fourth-order valence-corrected chi connectivity index (χ4v) is 3.07. The fraction of sp³-hybridized carbons (Fsp3) is 0.500. The van der Waals surface area contributed by atoms with Crippen molar-refractivity contribution in [1.82, 2.24) is 14.7 Å². The summed E-state index contributed by atoms with van der Waals surface area (Å²) in [5.74, 6) is -0.0532. The first kappa shape index (κ1) is 22.9. The molecular weight excluding hydrogens is 388 g/mol. The number of hydrogen-bond acceptors (Lipinski definition) is 3. The highest BCUT2D eigenvalue weighted by molar-refractivity contribution is 6.27. The molecule has 0 bridgehead atoms. The van der Waals surface area contributed by atoms with E-state index in [2.05, 4.69) is 26.1 Å². The predicted octanol–water partition coefficient (Wildman–Crippen LogP) is 4.28. The Morgan fingerprint density at radius 2 is 1.93 bits per heavy atom. The Kier molecular flexibility index (Phi) is 7.85. The molecule has 0 radical (unpaired) electrons. The lowest BCUT2D eigenvalue weighted by molar-refractivity contribution is -0.132. The van der Waals surface area contributed by atoms with Gasteiger partial charge < -0.3 is 10.2 Å². The summed E-state index contributed by atoms with van der Waals surface area (Å²) in [4.78, 5) is 26.3. The third-order valence-electron chi connectivity index (χ3n) is 4.67. The molecule has 7 heteroatoms. The zero-order valence-corrected chi connectivity index (χ0v) is 18.7. The van der Waals surface area contributed by atoms with Crippen LogP contribution < -0.4 is 5.32 Å². The number of rotatable bonds is 8. The molecule has 0 fully saturated rings. The van der Waals surface area contributed by atoms with Crippen LogP contribution in [0.3, 0.4) is 0 Å². The van der Waals surface area contributed by atoms with E-state index in [1.807, 2.05) is 44.2 Å². The van der Waals surface area contributed by atoms with E-state index >= 15 is 0 Å².